The van der Waals surface area contributed by atoms with E-state index < -0.39 is 0 Å². The topological polar surface area (TPSA) is 64.1 Å². The lowest BCUT2D eigenvalue weighted by Crippen LogP contribution is -2.44. The van der Waals surface area contributed by atoms with Crippen LogP contribution >= 0.6 is 0 Å². The zero-order chi connectivity index (χ0) is 20.9. The van der Waals surface area contributed by atoms with Gasteiger partial charge in [-0.1, -0.05) is 111 Å². The predicted molar refractivity (Wildman–Crippen MR) is 128 cm³/mol. The summed E-state index contributed by atoms with van der Waals surface area (Å²) in [6, 6.07) is 0.917. The van der Waals surface area contributed by atoms with E-state index in [1.165, 1.54) is 109 Å². The molecule has 0 spiro atoms. The first-order valence-corrected chi connectivity index (χ1v) is 12.9. The van der Waals surface area contributed by atoms with E-state index in [1.807, 2.05) is 0 Å². The van der Waals surface area contributed by atoms with Crippen molar-refractivity contribution >= 4 is 0 Å². The van der Waals surface area contributed by atoms with Gasteiger partial charge in [-0.25, -0.2) is 0 Å². The van der Waals surface area contributed by atoms with Gasteiger partial charge in [-0.15, -0.1) is 0 Å². The molecule has 0 radical (unpaired) electrons. The summed E-state index contributed by atoms with van der Waals surface area (Å²) < 4.78 is 0. The highest BCUT2D eigenvalue weighted by Gasteiger charge is 2.14. The summed E-state index contributed by atoms with van der Waals surface area (Å²) in [5.41, 5.74) is 12.8. The molecule has 0 heterocycles. The summed E-state index contributed by atoms with van der Waals surface area (Å²) in [5.74, 6) is 0. The van der Waals surface area contributed by atoms with Crippen molar-refractivity contribution < 1.29 is 0 Å². The van der Waals surface area contributed by atoms with Gasteiger partial charge in [0, 0.05) is 12.1 Å². The Labute approximate surface area is 178 Å². The quantitative estimate of drug-likeness (QED) is 0.136. The van der Waals surface area contributed by atoms with Gasteiger partial charge in [0.05, 0.1) is 6.17 Å². The molecule has 28 heavy (non-hydrogen) atoms. The molecule has 0 aromatic rings. The van der Waals surface area contributed by atoms with E-state index in [1.54, 1.807) is 0 Å². The van der Waals surface area contributed by atoms with E-state index in [9.17, 15) is 0 Å². The van der Waals surface area contributed by atoms with E-state index in [2.05, 4.69) is 26.1 Å². The Morgan fingerprint density at radius 1 is 0.500 bits per heavy atom. The zero-order valence-corrected chi connectivity index (χ0v) is 19.8. The highest BCUT2D eigenvalue weighted by atomic mass is 15.0. The van der Waals surface area contributed by atoms with E-state index >= 15 is 0 Å². The normalized spacial score (nSPS) is 14.9. The second kappa shape index (κ2) is 21.6. The molecule has 0 aliphatic carbocycles. The minimum Gasteiger partial charge on any atom is -0.328 e. The molecule has 0 rings (SSSR count). The minimum atomic E-state index is 0.155. The fourth-order valence-electron chi connectivity index (χ4n) is 4.05. The summed E-state index contributed by atoms with van der Waals surface area (Å²) in [7, 11) is 0. The van der Waals surface area contributed by atoms with E-state index in [4.69, 9.17) is 11.5 Å². The number of hydrogen-bond donors (Lipinski definition) is 3. The largest absolute Gasteiger partial charge is 0.328 e. The van der Waals surface area contributed by atoms with Gasteiger partial charge >= 0.3 is 0 Å². The molecule has 0 aromatic carbocycles. The third-order valence-corrected chi connectivity index (χ3v) is 6.04. The maximum atomic E-state index is 6.40. The van der Waals surface area contributed by atoms with Crippen LogP contribution in [0.15, 0.2) is 0 Å². The predicted octanol–water partition coefficient (Wildman–Crippen LogP) is 7.03. The van der Waals surface area contributed by atoms with Gasteiger partial charge in [0.25, 0.3) is 0 Å². The number of unbranched alkanes of at least 4 members (excludes halogenated alkanes) is 11. The average Bonchev–Trinajstić information content (AvgIpc) is 2.69. The van der Waals surface area contributed by atoms with E-state index in [0.717, 1.165) is 12.8 Å². The Bertz CT molecular complexity index is 296. The van der Waals surface area contributed by atoms with Crippen LogP contribution in [0.3, 0.4) is 0 Å². The van der Waals surface area contributed by atoms with Gasteiger partial charge in [-0.05, 0) is 32.1 Å². The smallest absolute Gasteiger partial charge is 0.0548 e. The van der Waals surface area contributed by atoms with Gasteiger partial charge < -0.3 is 11.5 Å². The molecule has 0 saturated carbocycles. The molecule has 0 aliphatic heterocycles. The lowest BCUT2D eigenvalue weighted by atomic mass is 9.97. The molecule has 3 nitrogen and oxygen atoms in total. The van der Waals surface area contributed by atoms with Crippen molar-refractivity contribution in [1.82, 2.24) is 5.32 Å². The minimum absolute atomic E-state index is 0.155. The second-order valence-electron chi connectivity index (χ2n) is 9.06. The first-order chi connectivity index (χ1) is 13.6. The van der Waals surface area contributed by atoms with Crippen molar-refractivity contribution in [3.05, 3.63) is 0 Å². The van der Waals surface area contributed by atoms with E-state index in [0.29, 0.717) is 12.1 Å². The van der Waals surface area contributed by atoms with Crippen LogP contribution in [0.25, 0.3) is 0 Å². The molecule has 5 N–H and O–H groups in total. The standard InChI is InChI=1S/C25H55N3/c1-4-7-10-13-14-16-19-24(28-25(27)20-17-12-9-6-3)22-21-23(26)18-15-11-8-5-2/h23-25,28H,4-22,26-27H2,1-3H3. The maximum Gasteiger partial charge on any atom is 0.0548 e. The Kier molecular flexibility index (Phi) is 21.5. The molecule has 3 atom stereocenters. The van der Waals surface area contributed by atoms with Crippen LogP contribution in [0.4, 0.5) is 0 Å². The molecule has 0 fully saturated rings. The average molecular weight is 398 g/mol. The van der Waals surface area contributed by atoms with Gasteiger partial charge in [-0.3, -0.25) is 5.32 Å². The first kappa shape index (κ1) is 27.9. The molecule has 0 aliphatic rings. The molecule has 0 saturated heterocycles. The molecular formula is C25H55N3. The maximum absolute atomic E-state index is 6.40. The summed E-state index contributed by atoms with van der Waals surface area (Å²) in [5, 5.41) is 3.75. The van der Waals surface area contributed by atoms with Gasteiger partial charge in [-0.2, -0.15) is 0 Å². The van der Waals surface area contributed by atoms with Crippen LogP contribution in [0, 0.1) is 0 Å². The molecule has 0 bridgehead atoms. The fraction of sp³-hybridized carbons (Fsp3) is 1.00. The molecule has 3 unspecified atom stereocenters. The number of hydrogen-bond acceptors (Lipinski definition) is 3. The van der Waals surface area contributed by atoms with Crippen molar-refractivity contribution in [2.24, 2.45) is 11.5 Å². The van der Waals surface area contributed by atoms with Crippen molar-refractivity contribution in [2.75, 3.05) is 0 Å². The lowest BCUT2D eigenvalue weighted by molar-refractivity contribution is 0.344. The van der Waals surface area contributed by atoms with E-state index in [-0.39, 0.29) is 6.17 Å². The molecule has 0 aromatic heterocycles. The Morgan fingerprint density at radius 2 is 0.964 bits per heavy atom. The van der Waals surface area contributed by atoms with Gasteiger partial charge in [0.2, 0.25) is 0 Å². The second-order valence-corrected chi connectivity index (χ2v) is 9.06. The molecule has 0 amide bonds. The number of rotatable bonds is 22. The Hall–Kier alpha value is -0.120. The summed E-state index contributed by atoms with van der Waals surface area (Å²) >= 11 is 0. The highest BCUT2D eigenvalue weighted by Crippen LogP contribution is 2.15. The Morgan fingerprint density at radius 3 is 1.57 bits per heavy atom. The molecular weight excluding hydrogens is 342 g/mol. The lowest BCUT2D eigenvalue weighted by Gasteiger charge is -2.25. The molecule has 170 valence electrons. The van der Waals surface area contributed by atoms with Crippen molar-refractivity contribution in [3.8, 4) is 0 Å². The van der Waals surface area contributed by atoms with Crippen LogP contribution in [0.2, 0.25) is 0 Å². The van der Waals surface area contributed by atoms with Crippen LogP contribution in [-0.2, 0) is 0 Å². The highest BCUT2D eigenvalue weighted by molar-refractivity contribution is 4.74. The molecule has 3 heteroatoms. The third kappa shape index (κ3) is 19.2. The van der Waals surface area contributed by atoms with Gasteiger partial charge in [0.15, 0.2) is 0 Å². The summed E-state index contributed by atoms with van der Waals surface area (Å²) in [6.07, 6.45) is 24.7. The third-order valence-electron chi connectivity index (χ3n) is 6.04. The van der Waals surface area contributed by atoms with Crippen molar-refractivity contribution in [2.45, 2.75) is 161 Å². The van der Waals surface area contributed by atoms with Crippen molar-refractivity contribution in [3.63, 3.8) is 0 Å². The summed E-state index contributed by atoms with van der Waals surface area (Å²) in [4.78, 5) is 0. The van der Waals surface area contributed by atoms with Crippen LogP contribution in [0.1, 0.15) is 143 Å². The SMILES string of the molecule is CCCCCCCCC(CCC(N)CCCCCC)NC(N)CCCCCC. The first-order valence-electron chi connectivity index (χ1n) is 12.9. The fourth-order valence-corrected chi connectivity index (χ4v) is 4.05. The van der Waals surface area contributed by atoms with Crippen LogP contribution in [-0.4, -0.2) is 18.2 Å². The monoisotopic (exact) mass is 397 g/mol. The summed E-state index contributed by atoms with van der Waals surface area (Å²) in [6.45, 7) is 6.82. The van der Waals surface area contributed by atoms with Crippen LogP contribution in [0.5, 0.6) is 0 Å². The number of nitrogens with one attached hydrogen (secondary N) is 1. The number of nitrogens with two attached hydrogens (primary N) is 2. The van der Waals surface area contributed by atoms with Crippen LogP contribution < -0.4 is 16.8 Å². The Balaban J connectivity index is 4.14. The van der Waals surface area contributed by atoms with Crippen molar-refractivity contribution in [1.29, 1.82) is 0 Å². The van der Waals surface area contributed by atoms with Gasteiger partial charge in [0.1, 0.15) is 0 Å². The zero-order valence-electron chi connectivity index (χ0n) is 19.8.